The van der Waals surface area contributed by atoms with Crippen LogP contribution in [0.15, 0.2) is 39.5 Å². The molecule has 0 amide bonds. The first kappa shape index (κ1) is 12.5. The first-order valence-electron chi connectivity index (χ1n) is 4.89. The van der Waals surface area contributed by atoms with Crippen molar-refractivity contribution in [3.8, 4) is 0 Å². The fraction of sp³-hybridized carbons (Fsp3) is 0.167. The van der Waals surface area contributed by atoms with E-state index in [2.05, 4.69) is 74.2 Å². The van der Waals surface area contributed by atoms with Crippen LogP contribution in [0.4, 0.5) is 0 Å². The van der Waals surface area contributed by atoms with Crippen molar-refractivity contribution >= 4 is 49.9 Å². The number of nitrogens with two attached hydrogens (primary N) is 1. The molecule has 0 aliphatic rings. The molecule has 1 atom stereocenters. The maximum atomic E-state index is 6.16. The molecule has 1 aromatic carbocycles. The van der Waals surface area contributed by atoms with E-state index in [1.54, 1.807) is 11.3 Å². The van der Waals surface area contributed by atoms with Crippen LogP contribution in [0.25, 0.3) is 0 Å². The average Bonchev–Trinajstić information content (AvgIpc) is 2.68. The highest BCUT2D eigenvalue weighted by Crippen LogP contribution is 2.26. The Bertz CT molecular complexity index is 466. The van der Waals surface area contributed by atoms with E-state index in [0.717, 1.165) is 10.2 Å². The van der Waals surface area contributed by atoms with Gasteiger partial charge in [-0.25, -0.2) is 0 Å². The number of hydrogen-bond acceptors (Lipinski definition) is 2. The van der Waals surface area contributed by atoms with Crippen LogP contribution >= 0.6 is 49.9 Å². The van der Waals surface area contributed by atoms with Gasteiger partial charge in [-0.05, 0) is 79.6 Å². The second kappa shape index (κ2) is 5.62. The smallest absolute Gasteiger partial charge is 0.0701 e. The van der Waals surface area contributed by atoms with Crippen LogP contribution in [0.2, 0.25) is 0 Å². The summed E-state index contributed by atoms with van der Waals surface area (Å²) in [5.41, 5.74) is 8.65. The maximum absolute atomic E-state index is 6.16. The minimum atomic E-state index is 0.0858. The fourth-order valence-corrected chi connectivity index (χ4v) is 3.11. The molecule has 4 heteroatoms. The van der Waals surface area contributed by atoms with Crippen molar-refractivity contribution < 1.29 is 0 Å². The standard InChI is InChI=1S/C12H11BrINS/c13-12-6-9(7-16-12)11(15)5-8-1-3-10(14)4-2-8/h1-4,6-7,11H,5,15H2. The highest BCUT2D eigenvalue weighted by molar-refractivity contribution is 14.1. The lowest BCUT2D eigenvalue weighted by atomic mass is 10.0. The van der Waals surface area contributed by atoms with Crippen LogP contribution < -0.4 is 5.73 Å². The molecule has 0 fully saturated rings. The summed E-state index contributed by atoms with van der Waals surface area (Å²) in [6.07, 6.45) is 0.889. The Labute approximate surface area is 121 Å². The summed E-state index contributed by atoms with van der Waals surface area (Å²) in [5, 5.41) is 2.11. The monoisotopic (exact) mass is 407 g/mol. The zero-order valence-corrected chi connectivity index (χ0v) is 13.1. The summed E-state index contributed by atoms with van der Waals surface area (Å²) in [6, 6.07) is 10.7. The van der Waals surface area contributed by atoms with E-state index < -0.39 is 0 Å². The third-order valence-corrected chi connectivity index (χ3v) is 4.63. The van der Waals surface area contributed by atoms with Gasteiger partial charge in [-0.2, -0.15) is 0 Å². The summed E-state index contributed by atoms with van der Waals surface area (Å²) in [4.78, 5) is 0. The molecule has 0 radical (unpaired) electrons. The molecule has 1 nitrogen and oxygen atoms in total. The Hall–Kier alpha value is 0.0900. The molecule has 2 N–H and O–H groups in total. The summed E-state index contributed by atoms with van der Waals surface area (Å²) in [5.74, 6) is 0. The van der Waals surface area contributed by atoms with Gasteiger partial charge in [-0.1, -0.05) is 12.1 Å². The number of rotatable bonds is 3. The lowest BCUT2D eigenvalue weighted by Crippen LogP contribution is -2.12. The van der Waals surface area contributed by atoms with Gasteiger partial charge in [-0.3, -0.25) is 0 Å². The number of benzene rings is 1. The molecule has 0 spiro atoms. The topological polar surface area (TPSA) is 26.0 Å². The van der Waals surface area contributed by atoms with Crippen molar-refractivity contribution in [1.29, 1.82) is 0 Å². The Morgan fingerprint density at radius 2 is 2.00 bits per heavy atom. The van der Waals surface area contributed by atoms with Crippen LogP contribution in [0, 0.1) is 3.57 Å². The normalized spacial score (nSPS) is 12.7. The second-order valence-corrected chi connectivity index (χ2v) is 7.16. The van der Waals surface area contributed by atoms with Crippen LogP contribution in [0.1, 0.15) is 17.2 Å². The molecule has 1 heterocycles. The van der Waals surface area contributed by atoms with Crippen LogP contribution in [0.5, 0.6) is 0 Å². The average molecular weight is 408 g/mol. The molecule has 1 aromatic heterocycles. The van der Waals surface area contributed by atoms with Gasteiger partial charge in [0.1, 0.15) is 0 Å². The number of thiophene rings is 1. The second-order valence-electron chi connectivity index (χ2n) is 3.62. The van der Waals surface area contributed by atoms with E-state index in [1.807, 2.05) is 0 Å². The number of halogens is 2. The van der Waals surface area contributed by atoms with E-state index in [0.29, 0.717) is 0 Å². The number of hydrogen-bond donors (Lipinski definition) is 1. The van der Waals surface area contributed by atoms with Gasteiger partial charge in [0.05, 0.1) is 3.79 Å². The van der Waals surface area contributed by atoms with E-state index in [1.165, 1.54) is 14.7 Å². The molecule has 0 aliphatic heterocycles. The van der Waals surface area contributed by atoms with Gasteiger partial charge in [0.25, 0.3) is 0 Å². The largest absolute Gasteiger partial charge is 0.324 e. The van der Waals surface area contributed by atoms with Crippen LogP contribution in [-0.4, -0.2) is 0 Å². The quantitative estimate of drug-likeness (QED) is 0.751. The summed E-state index contributed by atoms with van der Waals surface area (Å²) in [6.45, 7) is 0. The van der Waals surface area contributed by atoms with Gasteiger partial charge >= 0.3 is 0 Å². The van der Waals surface area contributed by atoms with Gasteiger partial charge in [0.15, 0.2) is 0 Å². The van der Waals surface area contributed by atoms with Gasteiger partial charge in [0, 0.05) is 9.61 Å². The minimum absolute atomic E-state index is 0.0858. The Kier molecular flexibility index (Phi) is 4.41. The van der Waals surface area contributed by atoms with Crippen molar-refractivity contribution in [2.45, 2.75) is 12.5 Å². The Balaban J connectivity index is 2.07. The van der Waals surface area contributed by atoms with Crippen LogP contribution in [-0.2, 0) is 6.42 Å². The molecule has 0 saturated carbocycles. The Morgan fingerprint density at radius 3 is 2.56 bits per heavy atom. The molecular weight excluding hydrogens is 397 g/mol. The molecule has 16 heavy (non-hydrogen) atoms. The predicted octanol–water partition coefficient (Wildman–Crippen LogP) is 4.36. The third kappa shape index (κ3) is 3.29. The van der Waals surface area contributed by atoms with Gasteiger partial charge in [0.2, 0.25) is 0 Å². The van der Waals surface area contributed by atoms with E-state index in [9.17, 15) is 0 Å². The molecule has 2 rings (SSSR count). The van der Waals surface area contributed by atoms with Crippen molar-refractivity contribution in [3.05, 3.63) is 54.2 Å². The maximum Gasteiger partial charge on any atom is 0.0701 e. The molecule has 84 valence electrons. The third-order valence-electron chi connectivity index (χ3n) is 2.38. The van der Waals surface area contributed by atoms with Crippen molar-refractivity contribution in [1.82, 2.24) is 0 Å². The van der Waals surface area contributed by atoms with Gasteiger partial charge < -0.3 is 5.73 Å². The molecular formula is C12H11BrINS. The highest BCUT2D eigenvalue weighted by Gasteiger charge is 2.08. The van der Waals surface area contributed by atoms with E-state index in [4.69, 9.17) is 5.73 Å². The zero-order valence-electron chi connectivity index (χ0n) is 8.49. The lowest BCUT2D eigenvalue weighted by Gasteiger charge is -2.09. The summed E-state index contributed by atoms with van der Waals surface area (Å²) >= 11 is 7.45. The van der Waals surface area contributed by atoms with E-state index >= 15 is 0 Å². The SMILES string of the molecule is NC(Cc1ccc(I)cc1)c1csc(Br)c1. The molecule has 2 aromatic rings. The molecule has 0 aliphatic carbocycles. The molecule has 0 bridgehead atoms. The Morgan fingerprint density at radius 1 is 1.31 bits per heavy atom. The van der Waals surface area contributed by atoms with Gasteiger partial charge in [-0.15, -0.1) is 11.3 Å². The predicted molar refractivity (Wildman–Crippen MR) is 81.8 cm³/mol. The van der Waals surface area contributed by atoms with E-state index in [-0.39, 0.29) is 6.04 Å². The fourth-order valence-electron chi connectivity index (χ4n) is 1.51. The lowest BCUT2D eigenvalue weighted by molar-refractivity contribution is 0.725. The minimum Gasteiger partial charge on any atom is -0.324 e. The first-order chi connectivity index (χ1) is 7.65. The van der Waals surface area contributed by atoms with Crippen LogP contribution in [0.3, 0.4) is 0 Å². The summed E-state index contributed by atoms with van der Waals surface area (Å²) < 4.78 is 2.40. The summed E-state index contributed by atoms with van der Waals surface area (Å²) in [7, 11) is 0. The first-order valence-corrected chi connectivity index (χ1v) is 7.64. The van der Waals surface area contributed by atoms with Crippen molar-refractivity contribution in [2.24, 2.45) is 5.73 Å². The highest BCUT2D eigenvalue weighted by atomic mass is 127. The molecule has 1 unspecified atom stereocenters. The molecule has 0 saturated heterocycles. The van der Waals surface area contributed by atoms with Crippen molar-refractivity contribution in [2.75, 3.05) is 0 Å². The zero-order chi connectivity index (χ0) is 11.5. The van der Waals surface area contributed by atoms with Crippen molar-refractivity contribution in [3.63, 3.8) is 0 Å².